The van der Waals surface area contributed by atoms with Crippen LogP contribution in [0.15, 0.2) is 29.1 Å². The number of anilines is 2. The second kappa shape index (κ2) is 6.54. The average molecular weight is 396 g/mol. The van der Waals surface area contributed by atoms with Crippen molar-refractivity contribution < 1.29 is 9.59 Å². The van der Waals surface area contributed by atoms with Crippen molar-refractivity contribution in [3.8, 4) is 11.3 Å². The molecule has 3 heterocycles. The van der Waals surface area contributed by atoms with Crippen LogP contribution in [0.4, 0.5) is 10.8 Å². The second-order valence-corrected chi connectivity index (χ2v) is 8.47. The first-order valence-electron chi connectivity index (χ1n) is 8.81. The van der Waals surface area contributed by atoms with Gasteiger partial charge in [-0.05, 0) is 37.0 Å². The summed E-state index contributed by atoms with van der Waals surface area (Å²) in [5, 5.41) is 8.31. The molecule has 5 rings (SSSR count). The Hall–Kier alpha value is -2.58. The lowest BCUT2D eigenvalue weighted by atomic mass is 9.99. The van der Waals surface area contributed by atoms with Crippen LogP contribution in [0.5, 0.6) is 0 Å². The van der Waals surface area contributed by atoms with Crippen molar-refractivity contribution >= 4 is 45.3 Å². The van der Waals surface area contributed by atoms with Gasteiger partial charge in [-0.2, -0.15) is 0 Å². The van der Waals surface area contributed by atoms with Crippen molar-refractivity contribution in [2.75, 3.05) is 10.6 Å². The summed E-state index contributed by atoms with van der Waals surface area (Å²) in [6.45, 7) is 0. The number of carbonyl (C=O) groups excluding carboxylic acids is 2. The minimum Gasteiger partial charge on any atom is -0.326 e. The molecular formula is C19H16N4O2S2. The van der Waals surface area contributed by atoms with E-state index in [0.29, 0.717) is 22.3 Å². The number of aromatic nitrogens is 2. The van der Waals surface area contributed by atoms with Crippen molar-refractivity contribution in [1.82, 2.24) is 9.97 Å². The molecular weight excluding hydrogens is 380 g/mol. The largest absolute Gasteiger partial charge is 0.326 e. The topological polar surface area (TPSA) is 84.0 Å². The standard InChI is InChI=1S/C19H16N4O2S2/c24-15-6-4-11-7-12(3-5-13(11)21-15)14-8-26-19(22-14)23-18(25)17-16(10-1-2-10)20-9-27-17/h3,5,7-10H,1-2,4,6H2,(H,21,24)(H,22,23,25). The molecule has 0 spiro atoms. The molecule has 2 amide bonds. The van der Waals surface area contributed by atoms with Crippen LogP contribution in [0.25, 0.3) is 11.3 Å². The van der Waals surface area contributed by atoms with Crippen LogP contribution in [0.1, 0.15) is 46.1 Å². The van der Waals surface area contributed by atoms with E-state index in [2.05, 4.69) is 26.7 Å². The zero-order valence-electron chi connectivity index (χ0n) is 14.3. The fraction of sp³-hybridized carbons (Fsp3) is 0.263. The molecule has 1 aromatic carbocycles. The maximum Gasteiger partial charge on any atom is 0.269 e. The summed E-state index contributed by atoms with van der Waals surface area (Å²) in [5.74, 6) is 0.371. The molecule has 2 aromatic heterocycles. The Morgan fingerprint density at radius 2 is 2.11 bits per heavy atom. The van der Waals surface area contributed by atoms with Crippen LogP contribution in [0.3, 0.4) is 0 Å². The van der Waals surface area contributed by atoms with Gasteiger partial charge in [-0.15, -0.1) is 22.7 Å². The van der Waals surface area contributed by atoms with Crippen LogP contribution in [0, 0.1) is 0 Å². The molecule has 27 heavy (non-hydrogen) atoms. The molecule has 136 valence electrons. The third-order valence-electron chi connectivity index (χ3n) is 4.79. The van der Waals surface area contributed by atoms with E-state index in [1.807, 2.05) is 17.5 Å². The fourth-order valence-electron chi connectivity index (χ4n) is 3.23. The van der Waals surface area contributed by atoms with E-state index in [0.717, 1.165) is 47.5 Å². The number of hydrogen-bond donors (Lipinski definition) is 2. The van der Waals surface area contributed by atoms with Crippen molar-refractivity contribution in [1.29, 1.82) is 0 Å². The van der Waals surface area contributed by atoms with Crippen LogP contribution in [-0.4, -0.2) is 21.8 Å². The number of thiazole rings is 2. The molecule has 2 N–H and O–H groups in total. The third kappa shape index (κ3) is 3.26. The number of amides is 2. The molecule has 1 saturated carbocycles. The molecule has 3 aromatic rings. The molecule has 2 aliphatic rings. The summed E-state index contributed by atoms with van der Waals surface area (Å²) in [6.07, 6.45) is 3.47. The number of nitrogens with zero attached hydrogens (tertiary/aromatic N) is 2. The Morgan fingerprint density at radius 1 is 1.22 bits per heavy atom. The van der Waals surface area contributed by atoms with Gasteiger partial charge in [-0.1, -0.05) is 6.07 Å². The fourth-order valence-corrected chi connectivity index (χ4v) is 4.72. The lowest BCUT2D eigenvalue weighted by molar-refractivity contribution is -0.116. The van der Waals surface area contributed by atoms with Crippen molar-refractivity contribution in [2.24, 2.45) is 0 Å². The van der Waals surface area contributed by atoms with Crippen molar-refractivity contribution in [3.05, 3.63) is 45.2 Å². The van der Waals surface area contributed by atoms with Crippen LogP contribution >= 0.6 is 22.7 Å². The first-order chi connectivity index (χ1) is 13.2. The van der Waals surface area contributed by atoms with Gasteiger partial charge in [-0.3, -0.25) is 14.9 Å². The van der Waals surface area contributed by atoms with Crippen molar-refractivity contribution in [2.45, 2.75) is 31.6 Å². The van der Waals surface area contributed by atoms with E-state index in [4.69, 9.17) is 0 Å². The van der Waals surface area contributed by atoms with Gasteiger partial charge >= 0.3 is 0 Å². The maximum atomic E-state index is 12.6. The van der Waals surface area contributed by atoms with E-state index in [-0.39, 0.29) is 11.8 Å². The molecule has 0 unspecified atom stereocenters. The Balaban J connectivity index is 1.35. The summed E-state index contributed by atoms with van der Waals surface area (Å²) in [6, 6.07) is 5.92. The highest BCUT2D eigenvalue weighted by molar-refractivity contribution is 7.14. The second-order valence-electron chi connectivity index (χ2n) is 6.75. The molecule has 1 fully saturated rings. The zero-order chi connectivity index (χ0) is 18.4. The zero-order valence-corrected chi connectivity index (χ0v) is 16.0. The highest BCUT2D eigenvalue weighted by Gasteiger charge is 2.30. The molecule has 8 heteroatoms. The minimum atomic E-state index is -0.131. The number of fused-ring (bicyclic) bond motifs is 1. The van der Waals surface area contributed by atoms with Gasteiger partial charge in [-0.25, -0.2) is 9.97 Å². The lowest BCUT2D eigenvalue weighted by Gasteiger charge is -2.17. The Morgan fingerprint density at radius 3 is 2.96 bits per heavy atom. The first-order valence-corrected chi connectivity index (χ1v) is 10.6. The summed E-state index contributed by atoms with van der Waals surface area (Å²) in [5.41, 5.74) is 6.45. The van der Waals surface area contributed by atoms with Crippen molar-refractivity contribution in [3.63, 3.8) is 0 Å². The number of benzene rings is 1. The Kier molecular flexibility index (Phi) is 4.02. The molecule has 1 aliphatic heterocycles. The number of rotatable bonds is 4. The molecule has 0 radical (unpaired) electrons. The van der Waals surface area contributed by atoms with Gasteiger partial charge in [0.1, 0.15) is 4.88 Å². The van der Waals surface area contributed by atoms with E-state index >= 15 is 0 Å². The Bertz CT molecular complexity index is 1050. The van der Waals surface area contributed by atoms with Crippen LogP contribution in [-0.2, 0) is 11.2 Å². The Labute approximate surface area is 163 Å². The first kappa shape index (κ1) is 16.6. The van der Waals surface area contributed by atoms with E-state index in [1.54, 1.807) is 5.51 Å². The van der Waals surface area contributed by atoms with Gasteiger partial charge < -0.3 is 5.32 Å². The number of nitrogens with one attached hydrogen (secondary N) is 2. The van der Waals surface area contributed by atoms with E-state index < -0.39 is 0 Å². The number of hydrogen-bond acceptors (Lipinski definition) is 6. The summed E-state index contributed by atoms with van der Waals surface area (Å²) in [7, 11) is 0. The number of aryl methyl sites for hydroxylation is 1. The average Bonchev–Trinajstić information content (AvgIpc) is 3.21. The minimum absolute atomic E-state index is 0.0579. The van der Waals surface area contributed by atoms with Gasteiger partial charge in [0.05, 0.1) is 16.9 Å². The summed E-state index contributed by atoms with van der Waals surface area (Å²) < 4.78 is 0. The summed E-state index contributed by atoms with van der Waals surface area (Å²) in [4.78, 5) is 33.7. The molecule has 0 bridgehead atoms. The predicted molar refractivity (Wildman–Crippen MR) is 107 cm³/mol. The molecule has 0 saturated heterocycles. The smallest absolute Gasteiger partial charge is 0.269 e. The monoisotopic (exact) mass is 396 g/mol. The van der Waals surface area contributed by atoms with Gasteiger partial charge in [0, 0.05) is 29.0 Å². The summed E-state index contributed by atoms with van der Waals surface area (Å²) >= 11 is 2.79. The van der Waals surface area contributed by atoms with Crippen LogP contribution < -0.4 is 10.6 Å². The normalized spacial score (nSPS) is 15.9. The maximum absolute atomic E-state index is 12.6. The van der Waals surface area contributed by atoms with Gasteiger partial charge in [0.2, 0.25) is 5.91 Å². The predicted octanol–water partition coefficient (Wildman–Crippen LogP) is 4.28. The SMILES string of the molecule is O=C1CCc2cc(-c3csc(NC(=O)c4scnc4C4CC4)n3)ccc2N1. The number of carbonyl (C=O) groups is 2. The van der Waals surface area contributed by atoms with Gasteiger partial charge in [0.25, 0.3) is 5.91 Å². The van der Waals surface area contributed by atoms with Gasteiger partial charge in [0.15, 0.2) is 5.13 Å². The van der Waals surface area contributed by atoms with E-state index in [1.165, 1.54) is 22.7 Å². The van der Waals surface area contributed by atoms with E-state index in [9.17, 15) is 9.59 Å². The molecule has 0 atom stereocenters. The molecule has 1 aliphatic carbocycles. The highest BCUT2D eigenvalue weighted by Crippen LogP contribution is 2.42. The highest BCUT2D eigenvalue weighted by atomic mass is 32.1. The quantitative estimate of drug-likeness (QED) is 0.689. The van der Waals surface area contributed by atoms with Crippen LogP contribution in [0.2, 0.25) is 0 Å². The lowest BCUT2D eigenvalue weighted by Crippen LogP contribution is -2.18. The molecule has 6 nitrogen and oxygen atoms in total. The third-order valence-corrected chi connectivity index (χ3v) is 6.39.